The minimum absolute atomic E-state index is 0.0480. The number of sulfonamides is 1. The minimum Gasteiger partial charge on any atom is -0.471 e. The highest BCUT2D eigenvalue weighted by Gasteiger charge is 2.30. The number of anilines is 1. The van der Waals surface area contributed by atoms with Crippen molar-refractivity contribution in [3.05, 3.63) is 65.2 Å². The number of aryl methyl sites for hydroxylation is 2. The number of aliphatic hydroxyl groups excluding tert-OH is 1. The third-order valence-corrected chi connectivity index (χ3v) is 8.41. The predicted octanol–water partition coefficient (Wildman–Crippen LogP) is 2.85. The van der Waals surface area contributed by atoms with Crippen molar-refractivity contribution < 1.29 is 23.1 Å². The number of nitrogens with one attached hydrogen (secondary N) is 1. The van der Waals surface area contributed by atoms with E-state index in [1.165, 1.54) is 12.1 Å². The Labute approximate surface area is 228 Å². The largest absolute Gasteiger partial charge is 0.471 e. The minimum atomic E-state index is -4.08. The average Bonchev–Trinajstić information content (AvgIpc) is 3.09. The molecular formula is C28H33N5O5S. The summed E-state index contributed by atoms with van der Waals surface area (Å²) in [6, 6.07) is 13.6. The van der Waals surface area contributed by atoms with E-state index in [1.54, 1.807) is 23.1 Å². The average molecular weight is 552 g/mol. The fourth-order valence-electron chi connectivity index (χ4n) is 5.15. The summed E-state index contributed by atoms with van der Waals surface area (Å²) in [6.07, 6.45) is 1.11. The molecule has 2 aliphatic rings. The fraction of sp³-hybridized carbons (Fsp3) is 0.393. The number of rotatable bonds is 5. The quantitative estimate of drug-likeness (QED) is 0.464. The molecular weight excluding hydrogens is 518 g/mol. The Balaban J connectivity index is 1.62. The Morgan fingerprint density at radius 2 is 1.79 bits per heavy atom. The van der Waals surface area contributed by atoms with E-state index in [0.29, 0.717) is 38.3 Å². The number of aromatic nitrogens is 2. The van der Waals surface area contributed by atoms with Crippen molar-refractivity contribution in [3.63, 3.8) is 0 Å². The molecule has 206 valence electrons. The molecule has 0 saturated carbocycles. The maximum absolute atomic E-state index is 13.5. The standard InChI is InChI=1S/C28H33N5O5S/c1-19-7-5-8-20(2)26(19)24-16-25-30-28(29-24)31-39(36,37)23-10-6-9-21(15-23)27(35)33-13-12-32(11-3-4-14-34)17-22(18-33)38-25/h5-10,15-16,22,34H,3-4,11-14,17-18H2,1-2H3,(H,29,30,31)/t22-/m1/s1. The lowest BCUT2D eigenvalue weighted by Crippen LogP contribution is -2.40. The summed E-state index contributed by atoms with van der Waals surface area (Å²) in [5.74, 6) is -0.140. The lowest BCUT2D eigenvalue weighted by Gasteiger charge is -2.25. The molecule has 1 atom stereocenters. The molecule has 2 aliphatic heterocycles. The van der Waals surface area contributed by atoms with Gasteiger partial charge in [0.25, 0.3) is 15.9 Å². The highest BCUT2D eigenvalue weighted by molar-refractivity contribution is 7.92. The van der Waals surface area contributed by atoms with Crippen LogP contribution in [-0.4, -0.2) is 84.6 Å². The summed E-state index contributed by atoms with van der Waals surface area (Å²) in [7, 11) is -4.08. The lowest BCUT2D eigenvalue weighted by atomic mass is 10.00. The first-order valence-corrected chi connectivity index (χ1v) is 14.6. The van der Waals surface area contributed by atoms with Crippen molar-refractivity contribution >= 4 is 21.9 Å². The Morgan fingerprint density at radius 1 is 1.03 bits per heavy atom. The molecule has 0 radical (unpaired) electrons. The first-order chi connectivity index (χ1) is 18.7. The molecule has 1 aromatic heterocycles. The summed E-state index contributed by atoms with van der Waals surface area (Å²) in [4.78, 5) is 26.4. The van der Waals surface area contributed by atoms with Crippen LogP contribution in [0.1, 0.15) is 34.3 Å². The maximum atomic E-state index is 13.5. The number of amides is 1. The second kappa shape index (κ2) is 11.3. The molecule has 0 spiro atoms. The van der Waals surface area contributed by atoms with Gasteiger partial charge in [0.1, 0.15) is 6.10 Å². The number of ether oxygens (including phenoxy) is 1. The number of nitrogens with zero attached hydrogens (tertiary/aromatic N) is 4. The Kier molecular flexibility index (Phi) is 7.83. The summed E-state index contributed by atoms with van der Waals surface area (Å²) in [5, 5.41) is 9.23. The molecule has 2 aromatic carbocycles. The van der Waals surface area contributed by atoms with E-state index in [9.17, 15) is 18.3 Å². The van der Waals surface area contributed by atoms with Crippen LogP contribution in [0.2, 0.25) is 0 Å². The van der Waals surface area contributed by atoms with E-state index in [-0.39, 0.29) is 34.8 Å². The lowest BCUT2D eigenvalue weighted by molar-refractivity contribution is 0.0690. The molecule has 39 heavy (non-hydrogen) atoms. The molecule has 3 aromatic rings. The monoisotopic (exact) mass is 551 g/mol. The van der Waals surface area contributed by atoms with Gasteiger partial charge < -0.3 is 14.7 Å². The first kappa shape index (κ1) is 27.0. The second-order valence-electron chi connectivity index (χ2n) is 10.0. The van der Waals surface area contributed by atoms with Crippen LogP contribution in [-0.2, 0) is 10.0 Å². The van der Waals surface area contributed by atoms with Gasteiger partial charge in [0.05, 0.1) is 17.1 Å². The Bertz CT molecular complexity index is 1460. The van der Waals surface area contributed by atoms with Crippen LogP contribution in [0.4, 0.5) is 5.95 Å². The number of carbonyl (C=O) groups excluding carboxylic acids is 1. The predicted molar refractivity (Wildman–Crippen MR) is 147 cm³/mol. The smallest absolute Gasteiger partial charge is 0.264 e. The SMILES string of the molecule is Cc1cccc(C)c1-c1cc2nc(n1)NS(=O)(=O)c1cccc(c1)C(=O)N1CCN(CCCCO)C[C@H](C1)O2. The zero-order valence-corrected chi connectivity index (χ0v) is 22.9. The van der Waals surface area contributed by atoms with Gasteiger partial charge >= 0.3 is 0 Å². The molecule has 0 aliphatic carbocycles. The third kappa shape index (κ3) is 6.05. The van der Waals surface area contributed by atoms with E-state index >= 15 is 0 Å². The van der Waals surface area contributed by atoms with Crippen LogP contribution in [0, 0.1) is 13.8 Å². The molecule has 10 nitrogen and oxygen atoms in total. The Morgan fingerprint density at radius 3 is 2.56 bits per heavy atom. The molecule has 6 bridgehead atoms. The van der Waals surface area contributed by atoms with E-state index in [1.807, 2.05) is 32.0 Å². The maximum Gasteiger partial charge on any atom is 0.264 e. The number of hydrogen-bond acceptors (Lipinski definition) is 8. The summed E-state index contributed by atoms with van der Waals surface area (Å²) >= 11 is 0. The number of fused-ring (bicyclic) bond motifs is 6. The van der Waals surface area contributed by atoms with Gasteiger partial charge in [-0.3, -0.25) is 9.69 Å². The second-order valence-corrected chi connectivity index (χ2v) is 11.7. The molecule has 1 amide bonds. The summed E-state index contributed by atoms with van der Waals surface area (Å²) in [5.41, 5.74) is 3.67. The van der Waals surface area contributed by atoms with Crippen molar-refractivity contribution in [2.75, 3.05) is 44.1 Å². The van der Waals surface area contributed by atoms with Crippen molar-refractivity contribution in [1.82, 2.24) is 19.8 Å². The molecule has 2 N–H and O–H groups in total. The highest BCUT2D eigenvalue weighted by atomic mass is 32.2. The van der Waals surface area contributed by atoms with Crippen LogP contribution in [0.5, 0.6) is 5.88 Å². The van der Waals surface area contributed by atoms with E-state index in [4.69, 9.17) is 4.74 Å². The molecule has 11 heteroatoms. The third-order valence-electron chi connectivity index (χ3n) is 7.09. The van der Waals surface area contributed by atoms with E-state index in [0.717, 1.165) is 29.7 Å². The van der Waals surface area contributed by atoms with Crippen LogP contribution < -0.4 is 9.46 Å². The zero-order valence-electron chi connectivity index (χ0n) is 22.1. The van der Waals surface area contributed by atoms with Crippen LogP contribution >= 0.6 is 0 Å². The summed E-state index contributed by atoms with van der Waals surface area (Å²) in [6.45, 7) is 6.82. The van der Waals surface area contributed by atoms with Gasteiger partial charge in [-0.15, -0.1) is 0 Å². The first-order valence-electron chi connectivity index (χ1n) is 13.1. The number of hydrogen-bond donors (Lipinski definition) is 2. The normalized spacial score (nSPS) is 19.1. The van der Waals surface area contributed by atoms with Crippen molar-refractivity contribution in [3.8, 4) is 17.1 Å². The van der Waals surface area contributed by atoms with Gasteiger partial charge in [-0.05, 0) is 62.6 Å². The Hall–Kier alpha value is -3.54. The van der Waals surface area contributed by atoms with Gasteiger partial charge in [-0.25, -0.2) is 18.1 Å². The van der Waals surface area contributed by atoms with Gasteiger partial charge in [0.15, 0.2) is 0 Å². The molecule has 5 rings (SSSR count). The summed E-state index contributed by atoms with van der Waals surface area (Å²) < 4.78 is 35.6. The molecule has 3 heterocycles. The number of aliphatic hydroxyl groups is 1. The molecule has 1 saturated heterocycles. The molecule has 0 unspecified atom stereocenters. The van der Waals surface area contributed by atoms with Crippen LogP contribution in [0.25, 0.3) is 11.3 Å². The topological polar surface area (TPSA) is 125 Å². The highest BCUT2D eigenvalue weighted by Crippen LogP contribution is 2.30. The van der Waals surface area contributed by atoms with E-state index < -0.39 is 16.1 Å². The van der Waals surface area contributed by atoms with Gasteiger partial charge in [0, 0.05) is 43.4 Å². The van der Waals surface area contributed by atoms with Crippen molar-refractivity contribution in [2.24, 2.45) is 0 Å². The van der Waals surface area contributed by atoms with Crippen molar-refractivity contribution in [1.29, 1.82) is 0 Å². The number of benzene rings is 2. The van der Waals surface area contributed by atoms with Crippen molar-refractivity contribution in [2.45, 2.75) is 37.7 Å². The van der Waals surface area contributed by atoms with Gasteiger partial charge in [0.2, 0.25) is 11.8 Å². The zero-order chi connectivity index (χ0) is 27.6. The molecule has 1 fully saturated rings. The van der Waals surface area contributed by atoms with Gasteiger partial charge in [-0.2, -0.15) is 4.98 Å². The van der Waals surface area contributed by atoms with Crippen LogP contribution in [0.15, 0.2) is 53.4 Å². The van der Waals surface area contributed by atoms with Crippen LogP contribution in [0.3, 0.4) is 0 Å². The van der Waals surface area contributed by atoms with Gasteiger partial charge in [-0.1, -0.05) is 24.3 Å². The van der Waals surface area contributed by atoms with E-state index in [2.05, 4.69) is 19.6 Å². The number of unbranched alkanes of at least 4 members (excludes halogenated alkanes) is 1. The fourth-order valence-corrected chi connectivity index (χ4v) is 6.14. The number of carbonyl (C=O) groups is 1.